The molecule has 0 radical (unpaired) electrons. The van der Waals surface area contributed by atoms with Crippen molar-refractivity contribution in [3.05, 3.63) is 54.5 Å². The van der Waals surface area contributed by atoms with Crippen LogP contribution in [0.2, 0.25) is 0 Å². The number of aromatic nitrogens is 4. The predicted octanol–water partition coefficient (Wildman–Crippen LogP) is 4.79. The fourth-order valence-electron chi connectivity index (χ4n) is 4.03. The largest absolute Gasteiger partial charge is 0.323 e. The number of hydrogen-bond acceptors (Lipinski definition) is 4. The van der Waals surface area contributed by atoms with Gasteiger partial charge in [-0.3, -0.25) is 4.79 Å². The van der Waals surface area contributed by atoms with Gasteiger partial charge in [-0.2, -0.15) is 5.10 Å². The number of carbonyl (C=O) groups excluding carboxylic acids is 1. The maximum atomic E-state index is 12.7. The van der Waals surface area contributed by atoms with Gasteiger partial charge in [-0.1, -0.05) is 42.8 Å². The van der Waals surface area contributed by atoms with Crippen molar-refractivity contribution in [1.82, 2.24) is 19.3 Å². The normalized spacial score (nSPS) is 17.0. The van der Waals surface area contributed by atoms with Crippen LogP contribution in [0.3, 0.4) is 0 Å². The van der Waals surface area contributed by atoms with Gasteiger partial charge in [-0.15, -0.1) is 0 Å². The molecule has 1 aromatic carbocycles. The van der Waals surface area contributed by atoms with E-state index in [1.165, 1.54) is 50.3 Å². The van der Waals surface area contributed by atoms with Crippen LogP contribution in [0.1, 0.15) is 56.2 Å². The average Bonchev–Trinajstić information content (AvgIpc) is 3.15. The summed E-state index contributed by atoms with van der Waals surface area (Å²) in [5.41, 5.74) is 2.04. The molecule has 0 unspecified atom stereocenters. The molecule has 3 aromatic rings. The van der Waals surface area contributed by atoms with Crippen molar-refractivity contribution >= 4 is 23.5 Å². The summed E-state index contributed by atoms with van der Waals surface area (Å²) in [6, 6.07) is 12.6. The maximum absolute atomic E-state index is 12.7. The van der Waals surface area contributed by atoms with E-state index in [1.54, 1.807) is 0 Å². The smallest absolute Gasteiger partial charge is 0.236 e. The van der Waals surface area contributed by atoms with Crippen molar-refractivity contribution in [3.8, 4) is 5.69 Å². The molecule has 2 fully saturated rings. The molecule has 6 nitrogen and oxygen atoms in total. The van der Waals surface area contributed by atoms with Gasteiger partial charge in [-0.25, -0.2) is 9.67 Å². The van der Waals surface area contributed by atoms with Crippen LogP contribution in [0.4, 0.5) is 5.82 Å². The Bertz CT molecular complexity index is 986. The Kier molecular flexibility index (Phi) is 5.14. The minimum absolute atomic E-state index is 0.0320. The highest BCUT2D eigenvalue weighted by molar-refractivity contribution is 7.99. The summed E-state index contributed by atoms with van der Waals surface area (Å²) in [5, 5.41) is 8.86. The third-order valence-corrected chi connectivity index (χ3v) is 6.66. The van der Waals surface area contributed by atoms with Crippen molar-refractivity contribution in [2.75, 3.05) is 11.1 Å². The highest BCUT2D eigenvalue weighted by Crippen LogP contribution is 2.38. The molecule has 29 heavy (non-hydrogen) atoms. The van der Waals surface area contributed by atoms with Crippen LogP contribution in [0.25, 0.3) is 5.69 Å². The lowest BCUT2D eigenvalue weighted by atomic mass is 10.0. The van der Waals surface area contributed by atoms with Crippen LogP contribution < -0.4 is 5.32 Å². The first-order chi connectivity index (χ1) is 14.3. The Balaban J connectivity index is 1.32. The van der Waals surface area contributed by atoms with Gasteiger partial charge in [0.1, 0.15) is 5.82 Å². The fraction of sp³-hybridized carbons (Fsp3) is 0.409. The average molecular weight is 408 g/mol. The van der Waals surface area contributed by atoms with Gasteiger partial charge in [0.2, 0.25) is 5.91 Å². The number of benzene rings is 1. The molecule has 0 bridgehead atoms. The molecule has 150 valence electrons. The molecule has 0 atom stereocenters. The van der Waals surface area contributed by atoms with E-state index in [9.17, 15) is 4.79 Å². The van der Waals surface area contributed by atoms with E-state index in [0.717, 1.165) is 22.4 Å². The van der Waals surface area contributed by atoms with E-state index in [2.05, 4.69) is 20.9 Å². The van der Waals surface area contributed by atoms with Crippen LogP contribution in [0, 0.1) is 0 Å². The van der Waals surface area contributed by atoms with Gasteiger partial charge in [0.25, 0.3) is 0 Å². The second-order valence-corrected chi connectivity index (χ2v) is 8.81. The Morgan fingerprint density at radius 1 is 1.14 bits per heavy atom. The summed E-state index contributed by atoms with van der Waals surface area (Å²) < 4.78 is 4.05. The molecule has 2 aromatic heterocycles. The predicted molar refractivity (Wildman–Crippen MR) is 115 cm³/mol. The zero-order valence-corrected chi connectivity index (χ0v) is 17.1. The Hall–Kier alpha value is -2.54. The molecule has 1 amide bonds. The Morgan fingerprint density at radius 3 is 2.69 bits per heavy atom. The molecule has 0 spiro atoms. The van der Waals surface area contributed by atoms with Gasteiger partial charge < -0.3 is 9.88 Å². The molecule has 2 saturated carbocycles. The number of amides is 1. The number of para-hydroxylation sites is 1. The second-order valence-electron chi connectivity index (χ2n) is 7.87. The van der Waals surface area contributed by atoms with Gasteiger partial charge >= 0.3 is 0 Å². The summed E-state index contributed by atoms with van der Waals surface area (Å²) >= 11 is 1.49. The first kappa shape index (κ1) is 18.5. The highest BCUT2D eigenvalue weighted by atomic mass is 32.2. The number of nitrogens with one attached hydrogen (secondary N) is 1. The molecule has 2 heterocycles. The van der Waals surface area contributed by atoms with E-state index < -0.39 is 0 Å². The number of carbonyl (C=O) groups is 1. The number of rotatable bonds is 7. The van der Waals surface area contributed by atoms with Gasteiger partial charge in [0.15, 0.2) is 5.16 Å². The number of nitrogens with zero attached hydrogens (tertiary/aromatic N) is 4. The lowest BCUT2D eigenvalue weighted by Crippen LogP contribution is -2.17. The topological polar surface area (TPSA) is 64.7 Å². The van der Waals surface area contributed by atoms with Crippen LogP contribution in [0.15, 0.2) is 53.9 Å². The Labute approximate surface area is 174 Å². The molecule has 5 rings (SSSR count). The molecular weight excluding hydrogens is 382 g/mol. The quantitative estimate of drug-likeness (QED) is 0.572. The number of anilines is 1. The molecule has 7 heteroatoms. The fourth-order valence-corrected chi connectivity index (χ4v) is 4.85. The van der Waals surface area contributed by atoms with E-state index in [0.29, 0.717) is 17.7 Å². The van der Waals surface area contributed by atoms with Gasteiger partial charge in [-0.05, 0) is 37.8 Å². The SMILES string of the molecule is O=C(CSc1nccn1C1CC1)Nc1cc(C2CCCC2)nn1-c1ccccc1. The summed E-state index contributed by atoms with van der Waals surface area (Å²) in [6.45, 7) is 0. The Morgan fingerprint density at radius 2 is 1.93 bits per heavy atom. The van der Waals surface area contributed by atoms with E-state index >= 15 is 0 Å². The summed E-state index contributed by atoms with van der Waals surface area (Å²) in [6.07, 6.45) is 11.1. The lowest BCUT2D eigenvalue weighted by Gasteiger charge is -2.09. The molecule has 0 saturated heterocycles. The molecule has 2 aliphatic carbocycles. The van der Waals surface area contributed by atoms with Gasteiger partial charge in [0.05, 0.1) is 17.1 Å². The monoisotopic (exact) mass is 407 g/mol. The van der Waals surface area contributed by atoms with Crippen LogP contribution >= 0.6 is 11.8 Å². The lowest BCUT2D eigenvalue weighted by molar-refractivity contribution is -0.113. The van der Waals surface area contributed by atoms with Crippen molar-refractivity contribution in [2.45, 2.75) is 55.6 Å². The molecular formula is C22H25N5OS. The van der Waals surface area contributed by atoms with Crippen molar-refractivity contribution in [1.29, 1.82) is 0 Å². The van der Waals surface area contributed by atoms with Crippen LogP contribution in [0.5, 0.6) is 0 Å². The van der Waals surface area contributed by atoms with Crippen LogP contribution in [-0.2, 0) is 4.79 Å². The van der Waals surface area contributed by atoms with Crippen LogP contribution in [-0.4, -0.2) is 31.0 Å². The first-order valence-electron chi connectivity index (χ1n) is 10.4. The molecule has 1 N–H and O–H groups in total. The summed E-state index contributed by atoms with van der Waals surface area (Å²) in [4.78, 5) is 17.1. The first-order valence-corrected chi connectivity index (χ1v) is 11.4. The van der Waals surface area contributed by atoms with Crippen molar-refractivity contribution in [2.24, 2.45) is 0 Å². The number of hydrogen-bond donors (Lipinski definition) is 1. The minimum atomic E-state index is -0.0320. The number of imidazole rings is 1. The third-order valence-electron chi connectivity index (χ3n) is 5.68. The van der Waals surface area contributed by atoms with E-state index in [-0.39, 0.29) is 5.91 Å². The standard InChI is InChI=1S/C22H25N5OS/c28-21(15-29-22-23-12-13-26(22)17-10-11-17)24-20-14-19(16-6-4-5-7-16)25-27(20)18-8-2-1-3-9-18/h1-3,8-9,12-14,16-17H,4-7,10-11,15H2,(H,24,28). The minimum Gasteiger partial charge on any atom is -0.323 e. The zero-order valence-electron chi connectivity index (χ0n) is 16.3. The molecule has 2 aliphatic rings. The highest BCUT2D eigenvalue weighted by Gasteiger charge is 2.26. The maximum Gasteiger partial charge on any atom is 0.236 e. The molecule has 0 aliphatic heterocycles. The second kappa shape index (κ2) is 8.06. The van der Waals surface area contributed by atoms with Crippen molar-refractivity contribution in [3.63, 3.8) is 0 Å². The summed E-state index contributed by atoms with van der Waals surface area (Å²) in [5.74, 6) is 1.54. The van der Waals surface area contributed by atoms with Gasteiger partial charge in [0, 0.05) is 30.4 Å². The third kappa shape index (κ3) is 4.10. The number of thioether (sulfide) groups is 1. The van der Waals surface area contributed by atoms with Crippen molar-refractivity contribution < 1.29 is 4.79 Å². The van der Waals surface area contributed by atoms with E-state index in [4.69, 9.17) is 5.10 Å². The summed E-state index contributed by atoms with van der Waals surface area (Å²) in [7, 11) is 0. The zero-order chi connectivity index (χ0) is 19.6. The van der Waals surface area contributed by atoms with E-state index in [1.807, 2.05) is 47.4 Å².